The Bertz CT molecular complexity index is 189. The van der Waals surface area contributed by atoms with E-state index < -0.39 is 24.4 Å². The lowest BCUT2D eigenvalue weighted by Gasteiger charge is -2.29. The van der Waals surface area contributed by atoms with Gasteiger partial charge in [-0.2, -0.15) is 0 Å². The maximum Gasteiger partial charge on any atom is 0.314 e. The summed E-state index contributed by atoms with van der Waals surface area (Å²) < 4.78 is 30.2. The van der Waals surface area contributed by atoms with Crippen LogP contribution in [0.1, 0.15) is 6.42 Å². The predicted molar refractivity (Wildman–Crippen MR) is 45.2 cm³/mol. The van der Waals surface area contributed by atoms with E-state index in [1.807, 2.05) is 0 Å². The number of carbonyl (C=O) groups excluding carboxylic acids is 1. The fourth-order valence-electron chi connectivity index (χ4n) is 1.27. The van der Waals surface area contributed by atoms with Crippen LogP contribution in [0, 0.1) is 5.92 Å². The van der Waals surface area contributed by atoms with E-state index in [-0.39, 0.29) is 18.8 Å². The third kappa shape index (κ3) is 2.77. The highest BCUT2D eigenvalue weighted by atomic mass is 35.5. The van der Waals surface area contributed by atoms with Crippen LogP contribution in [0.3, 0.4) is 0 Å². The molecule has 13 heavy (non-hydrogen) atoms. The Morgan fingerprint density at radius 1 is 1.62 bits per heavy atom. The summed E-state index contributed by atoms with van der Waals surface area (Å²) in [6, 6.07) is 0. The van der Waals surface area contributed by atoms with Crippen LogP contribution in [0.5, 0.6) is 0 Å². The van der Waals surface area contributed by atoms with Gasteiger partial charge >= 0.3 is 5.97 Å². The predicted octanol–water partition coefficient (Wildman–Crippen LogP) is 0.826. The largest absolute Gasteiger partial charge is 0.469 e. The van der Waals surface area contributed by atoms with E-state index in [2.05, 4.69) is 10.1 Å². The summed E-state index contributed by atoms with van der Waals surface area (Å²) in [5, 5.41) is 2.53. The van der Waals surface area contributed by atoms with Crippen LogP contribution in [0.2, 0.25) is 0 Å². The first-order valence-electron chi connectivity index (χ1n) is 3.74. The maximum atomic E-state index is 12.9. The van der Waals surface area contributed by atoms with Gasteiger partial charge in [-0.1, -0.05) is 0 Å². The molecule has 0 spiro atoms. The number of methoxy groups -OCH3 is 1. The Hall–Kier alpha value is -0.420. The van der Waals surface area contributed by atoms with Gasteiger partial charge in [0.05, 0.1) is 13.7 Å². The molecule has 3 nitrogen and oxygen atoms in total. The molecule has 1 fully saturated rings. The number of hydrogen-bond donors (Lipinski definition) is 1. The number of esters is 1. The van der Waals surface area contributed by atoms with Gasteiger partial charge in [0.1, 0.15) is 5.92 Å². The molecule has 0 aromatic rings. The van der Waals surface area contributed by atoms with Gasteiger partial charge in [0.2, 0.25) is 0 Å². The van der Waals surface area contributed by atoms with Crippen molar-refractivity contribution in [1.82, 2.24) is 5.32 Å². The van der Waals surface area contributed by atoms with Crippen LogP contribution in [0.25, 0.3) is 0 Å². The van der Waals surface area contributed by atoms with E-state index in [0.717, 1.165) is 7.11 Å². The van der Waals surface area contributed by atoms with Crippen molar-refractivity contribution in [3.8, 4) is 0 Å². The third-order valence-corrected chi connectivity index (χ3v) is 1.97. The summed E-state index contributed by atoms with van der Waals surface area (Å²) in [7, 11) is 1.13. The minimum Gasteiger partial charge on any atom is -0.469 e. The lowest BCUT2D eigenvalue weighted by Crippen LogP contribution is -2.49. The molecule has 0 aromatic carbocycles. The number of halogens is 3. The minimum absolute atomic E-state index is 0. The van der Waals surface area contributed by atoms with Crippen molar-refractivity contribution in [3.05, 3.63) is 0 Å². The van der Waals surface area contributed by atoms with Gasteiger partial charge in [-0.25, -0.2) is 8.78 Å². The molecule has 6 heteroatoms. The average Bonchev–Trinajstić information content (AvgIpc) is 2.02. The van der Waals surface area contributed by atoms with Gasteiger partial charge < -0.3 is 10.1 Å². The maximum absolute atomic E-state index is 12.9. The first-order valence-corrected chi connectivity index (χ1v) is 3.74. The van der Waals surface area contributed by atoms with Crippen LogP contribution < -0.4 is 5.32 Å². The topological polar surface area (TPSA) is 38.3 Å². The molecule has 0 bridgehead atoms. The Morgan fingerprint density at radius 3 is 2.69 bits per heavy atom. The summed E-state index contributed by atoms with van der Waals surface area (Å²) >= 11 is 0. The monoisotopic (exact) mass is 215 g/mol. The zero-order chi connectivity index (χ0) is 9.19. The molecule has 1 aliphatic rings. The quantitative estimate of drug-likeness (QED) is 0.659. The molecule has 1 atom stereocenters. The molecule has 1 heterocycles. The summed E-state index contributed by atoms with van der Waals surface area (Å²) in [5.74, 6) is -5.06. The number of ether oxygens (including phenoxy) is 1. The first-order chi connectivity index (χ1) is 5.58. The van der Waals surface area contributed by atoms with Crippen LogP contribution in [-0.2, 0) is 9.53 Å². The van der Waals surface area contributed by atoms with Gasteiger partial charge in [-0.3, -0.25) is 4.79 Å². The molecule has 0 aliphatic carbocycles. The molecule has 1 unspecified atom stereocenters. The highest BCUT2D eigenvalue weighted by molar-refractivity contribution is 5.85. The van der Waals surface area contributed by atoms with Crippen molar-refractivity contribution in [2.45, 2.75) is 12.3 Å². The van der Waals surface area contributed by atoms with Crippen LogP contribution >= 0.6 is 12.4 Å². The van der Waals surface area contributed by atoms with Crippen LogP contribution in [-0.4, -0.2) is 32.1 Å². The number of piperidine rings is 1. The summed E-state index contributed by atoms with van der Waals surface area (Å²) in [4.78, 5) is 10.9. The van der Waals surface area contributed by atoms with Crippen LogP contribution in [0.4, 0.5) is 8.78 Å². The molecule has 1 saturated heterocycles. The van der Waals surface area contributed by atoms with E-state index in [4.69, 9.17) is 0 Å². The zero-order valence-electron chi connectivity index (χ0n) is 7.18. The van der Waals surface area contributed by atoms with E-state index >= 15 is 0 Å². The SMILES string of the molecule is COC(=O)C1CCNCC1(F)F.Cl. The van der Waals surface area contributed by atoms with Crippen molar-refractivity contribution in [2.24, 2.45) is 5.92 Å². The Labute approximate surface area is 81.2 Å². The number of rotatable bonds is 1. The molecule has 0 amide bonds. The van der Waals surface area contributed by atoms with E-state index in [1.54, 1.807) is 0 Å². The summed E-state index contributed by atoms with van der Waals surface area (Å²) in [6.45, 7) is 0.00211. The lowest BCUT2D eigenvalue weighted by atomic mass is 9.94. The van der Waals surface area contributed by atoms with E-state index in [1.165, 1.54) is 0 Å². The summed E-state index contributed by atoms with van der Waals surface area (Å²) in [5.41, 5.74) is 0. The molecular weight excluding hydrogens is 204 g/mol. The second-order valence-corrected chi connectivity index (χ2v) is 2.80. The fourth-order valence-corrected chi connectivity index (χ4v) is 1.27. The molecule has 0 radical (unpaired) electrons. The molecule has 1 aliphatic heterocycles. The van der Waals surface area contributed by atoms with Crippen molar-refractivity contribution in [1.29, 1.82) is 0 Å². The van der Waals surface area contributed by atoms with E-state index in [0.29, 0.717) is 6.54 Å². The van der Waals surface area contributed by atoms with Crippen LogP contribution in [0.15, 0.2) is 0 Å². The molecule has 78 valence electrons. The lowest BCUT2D eigenvalue weighted by molar-refractivity contribution is -0.163. The van der Waals surface area contributed by atoms with Gasteiger partial charge in [0.25, 0.3) is 5.92 Å². The van der Waals surface area contributed by atoms with Crippen molar-refractivity contribution in [3.63, 3.8) is 0 Å². The van der Waals surface area contributed by atoms with E-state index in [9.17, 15) is 13.6 Å². The van der Waals surface area contributed by atoms with Gasteiger partial charge in [-0.15, -0.1) is 12.4 Å². The number of alkyl halides is 2. The standard InChI is InChI=1S/C7H11F2NO2.ClH/c1-12-6(11)5-2-3-10-4-7(5,8)9;/h5,10H,2-4H2,1H3;1H. The van der Waals surface area contributed by atoms with Gasteiger partial charge in [-0.05, 0) is 13.0 Å². The average molecular weight is 216 g/mol. The van der Waals surface area contributed by atoms with Crippen molar-refractivity contribution < 1.29 is 18.3 Å². The Balaban J connectivity index is 0.00000144. The second kappa shape index (κ2) is 4.72. The Kier molecular flexibility index (Phi) is 4.56. The number of nitrogens with one attached hydrogen (secondary N) is 1. The highest BCUT2D eigenvalue weighted by Gasteiger charge is 2.46. The fraction of sp³-hybridized carbons (Fsp3) is 0.857. The molecule has 1 N–H and O–H groups in total. The smallest absolute Gasteiger partial charge is 0.314 e. The zero-order valence-corrected chi connectivity index (χ0v) is 8.00. The molecule has 0 aromatic heterocycles. The van der Waals surface area contributed by atoms with Gasteiger partial charge in [0.15, 0.2) is 0 Å². The molecule has 1 rings (SSSR count). The van der Waals surface area contributed by atoms with Crippen molar-refractivity contribution in [2.75, 3.05) is 20.2 Å². The normalized spacial score (nSPS) is 25.9. The minimum atomic E-state index is -2.97. The number of hydrogen-bond acceptors (Lipinski definition) is 3. The van der Waals surface area contributed by atoms with Gasteiger partial charge in [0, 0.05) is 0 Å². The molecular formula is C7H12ClF2NO2. The first kappa shape index (κ1) is 12.6. The second-order valence-electron chi connectivity index (χ2n) is 2.80. The molecule has 0 saturated carbocycles. The van der Waals surface area contributed by atoms with Crippen molar-refractivity contribution >= 4 is 18.4 Å². The third-order valence-electron chi connectivity index (χ3n) is 1.97. The summed E-state index contributed by atoms with van der Waals surface area (Å²) in [6.07, 6.45) is 0.139. The highest BCUT2D eigenvalue weighted by Crippen LogP contribution is 2.30. The Morgan fingerprint density at radius 2 is 2.23 bits per heavy atom. The number of carbonyl (C=O) groups is 1.